The molecule has 4 aromatic rings. The van der Waals surface area contributed by atoms with E-state index in [0.29, 0.717) is 42.8 Å². The van der Waals surface area contributed by atoms with Crippen molar-refractivity contribution in [1.82, 2.24) is 19.7 Å². The molecule has 0 aliphatic carbocycles. The van der Waals surface area contributed by atoms with Gasteiger partial charge in [-0.1, -0.05) is 17.7 Å². The van der Waals surface area contributed by atoms with Crippen molar-refractivity contribution in [3.05, 3.63) is 106 Å². The zero-order chi connectivity index (χ0) is 26.6. The summed E-state index contributed by atoms with van der Waals surface area (Å²) in [5, 5.41) is 5.21. The van der Waals surface area contributed by atoms with E-state index < -0.39 is 11.6 Å². The van der Waals surface area contributed by atoms with Gasteiger partial charge in [0.15, 0.2) is 5.82 Å². The van der Waals surface area contributed by atoms with Crippen LogP contribution in [-0.2, 0) is 24.5 Å². The summed E-state index contributed by atoms with van der Waals surface area (Å²) >= 11 is 6.25. The lowest BCUT2D eigenvalue weighted by Gasteiger charge is -2.32. The highest BCUT2D eigenvalue weighted by Crippen LogP contribution is 2.27. The van der Waals surface area contributed by atoms with Gasteiger partial charge in [-0.15, -0.1) is 0 Å². The molecule has 0 saturated carbocycles. The predicted molar refractivity (Wildman–Crippen MR) is 140 cm³/mol. The van der Waals surface area contributed by atoms with Gasteiger partial charge in [0.25, 0.3) is 0 Å². The summed E-state index contributed by atoms with van der Waals surface area (Å²) in [6.45, 7) is 4.32. The first-order valence-corrected chi connectivity index (χ1v) is 12.6. The summed E-state index contributed by atoms with van der Waals surface area (Å²) in [4.78, 5) is 21.1. The van der Waals surface area contributed by atoms with Gasteiger partial charge in [-0.2, -0.15) is 5.10 Å². The van der Waals surface area contributed by atoms with Crippen molar-refractivity contribution in [2.45, 2.75) is 26.6 Å². The van der Waals surface area contributed by atoms with E-state index in [2.05, 4.69) is 9.88 Å². The first kappa shape index (κ1) is 25.8. The van der Waals surface area contributed by atoms with Crippen LogP contribution in [0.1, 0.15) is 22.5 Å². The zero-order valence-corrected chi connectivity index (χ0v) is 21.5. The number of ether oxygens (including phenoxy) is 1. The Kier molecular flexibility index (Phi) is 7.67. The second kappa shape index (κ2) is 11.3. The molecule has 0 unspecified atom stereocenters. The number of aryl methyl sites for hydroxylation is 1. The summed E-state index contributed by atoms with van der Waals surface area (Å²) in [7, 11) is 0. The molecule has 1 fully saturated rings. The van der Waals surface area contributed by atoms with Gasteiger partial charge >= 0.3 is 0 Å². The van der Waals surface area contributed by atoms with E-state index >= 15 is 0 Å². The Morgan fingerprint density at radius 1 is 1.00 bits per heavy atom. The first-order chi connectivity index (χ1) is 18.4. The Bertz CT molecular complexity index is 1450. The molecule has 196 valence electrons. The highest BCUT2D eigenvalue weighted by Gasteiger charge is 2.27. The number of carbonyl (C=O) groups excluding carboxylic acids is 1. The lowest BCUT2D eigenvalue weighted by atomic mass is 10.2. The minimum Gasteiger partial charge on any atom is -0.488 e. The highest BCUT2D eigenvalue weighted by molar-refractivity contribution is 6.30. The molecule has 0 atom stereocenters. The van der Waals surface area contributed by atoms with E-state index in [4.69, 9.17) is 21.4 Å². The number of hydrogen-bond acceptors (Lipinski definition) is 5. The van der Waals surface area contributed by atoms with Crippen molar-refractivity contribution in [2.24, 2.45) is 0 Å². The van der Waals surface area contributed by atoms with Gasteiger partial charge < -0.3 is 4.74 Å². The van der Waals surface area contributed by atoms with E-state index in [1.54, 1.807) is 34.0 Å². The first-order valence-electron chi connectivity index (χ1n) is 12.2. The van der Waals surface area contributed by atoms with Crippen molar-refractivity contribution >= 4 is 23.3 Å². The predicted octanol–water partition coefficient (Wildman–Crippen LogP) is 4.99. The molecule has 1 aliphatic rings. The number of piperazine rings is 1. The van der Waals surface area contributed by atoms with Crippen LogP contribution in [0.3, 0.4) is 0 Å². The molecule has 2 aromatic heterocycles. The Morgan fingerprint density at radius 2 is 1.87 bits per heavy atom. The molecule has 2 aromatic carbocycles. The van der Waals surface area contributed by atoms with Crippen LogP contribution >= 0.6 is 11.6 Å². The zero-order valence-electron chi connectivity index (χ0n) is 20.8. The summed E-state index contributed by atoms with van der Waals surface area (Å²) < 4.78 is 35.0. The van der Waals surface area contributed by atoms with Crippen molar-refractivity contribution in [3.63, 3.8) is 0 Å². The molecule has 0 N–H and O–H groups in total. The Hall–Kier alpha value is -3.82. The molecule has 5 rings (SSSR count). The van der Waals surface area contributed by atoms with Crippen LogP contribution in [0.15, 0.2) is 66.9 Å². The standard InChI is InChI=1S/C28H26ClF2N5O2/c1-19-12-27(35-11-10-34(17-28(35)37)16-24-4-2-3-9-32-24)33-36(19)15-21-13-22(29)6-8-26(21)38-18-20-5-7-23(30)14-25(20)31/h2-9,12-14H,10-11,15-18H2,1H3. The van der Waals surface area contributed by atoms with Crippen molar-refractivity contribution in [1.29, 1.82) is 0 Å². The molecule has 0 bridgehead atoms. The molecule has 0 radical (unpaired) electrons. The third-order valence-corrected chi connectivity index (χ3v) is 6.63. The molecule has 10 heteroatoms. The molecule has 1 saturated heterocycles. The lowest BCUT2D eigenvalue weighted by molar-refractivity contribution is -0.121. The molecule has 1 amide bonds. The van der Waals surface area contributed by atoms with Crippen LogP contribution in [0.5, 0.6) is 5.75 Å². The van der Waals surface area contributed by atoms with Crippen molar-refractivity contribution in [3.8, 4) is 5.75 Å². The maximum atomic E-state index is 14.1. The summed E-state index contributed by atoms with van der Waals surface area (Å²) in [6.07, 6.45) is 1.75. The van der Waals surface area contributed by atoms with Crippen molar-refractivity contribution < 1.29 is 18.3 Å². The summed E-state index contributed by atoms with van der Waals surface area (Å²) in [5.41, 5.74) is 2.77. The number of carbonyl (C=O) groups is 1. The second-order valence-corrected chi connectivity index (χ2v) is 9.59. The van der Waals surface area contributed by atoms with E-state index in [1.165, 1.54) is 12.1 Å². The Labute approximate surface area is 224 Å². The number of halogens is 3. The number of anilines is 1. The third-order valence-electron chi connectivity index (χ3n) is 6.40. The quantitative estimate of drug-likeness (QED) is 0.317. The lowest BCUT2D eigenvalue weighted by Crippen LogP contribution is -2.50. The fourth-order valence-electron chi connectivity index (χ4n) is 4.37. The average Bonchev–Trinajstić information content (AvgIpc) is 3.24. The summed E-state index contributed by atoms with van der Waals surface area (Å²) in [5.74, 6) is -0.240. The van der Waals surface area contributed by atoms with Gasteiger partial charge in [-0.25, -0.2) is 8.78 Å². The average molecular weight is 538 g/mol. The van der Waals surface area contributed by atoms with Crippen LogP contribution in [0.25, 0.3) is 0 Å². The second-order valence-electron chi connectivity index (χ2n) is 9.16. The van der Waals surface area contributed by atoms with E-state index in [1.807, 2.05) is 31.2 Å². The smallest absolute Gasteiger partial charge is 0.242 e. The van der Waals surface area contributed by atoms with Gasteiger partial charge in [0, 0.05) is 59.8 Å². The molecule has 7 nitrogen and oxygen atoms in total. The van der Waals surface area contributed by atoms with Crippen LogP contribution < -0.4 is 9.64 Å². The molecular weight excluding hydrogens is 512 g/mol. The van der Waals surface area contributed by atoms with Gasteiger partial charge in [0.1, 0.15) is 24.0 Å². The Morgan fingerprint density at radius 3 is 2.63 bits per heavy atom. The summed E-state index contributed by atoms with van der Waals surface area (Å²) in [6, 6.07) is 16.2. The third kappa shape index (κ3) is 6.00. The fraction of sp³-hybridized carbons (Fsp3) is 0.250. The monoisotopic (exact) mass is 537 g/mol. The molecule has 0 spiro atoms. The van der Waals surface area contributed by atoms with Crippen LogP contribution in [0.4, 0.5) is 14.6 Å². The topological polar surface area (TPSA) is 63.5 Å². The minimum atomic E-state index is -0.669. The SMILES string of the molecule is Cc1cc(N2CCN(Cc3ccccn3)CC2=O)nn1Cc1cc(Cl)ccc1OCc1ccc(F)cc1F. The van der Waals surface area contributed by atoms with Gasteiger partial charge in [0.05, 0.1) is 18.8 Å². The maximum absolute atomic E-state index is 14.1. The van der Waals surface area contributed by atoms with Gasteiger partial charge in [0.2, 0.25) is 5.91 Å². The van der Waals surface area contributed by atoms with Gasteiger partial charge in [-0.05, 0) is 49.4 Å². The van der Waals surface area contributed by atoms with E-state index in [0.717, 1.165) is 23.0 Å². The normalized spacial score (nSPS) is 14.2. The van der Waals surface area contributed by atoms with E-state index in [9.17, 15) is 13.6 Å². The number of pyridine rings is 1. The van der Waals surface area contributed by atoms with Crippen molar-refractivity contribution in [2.75, 3.05) is 24.5 Å². The largest absolute Gasteiger partial charge is 0.488 e. The number of rotatable bonds is 8. The number of benzene rings is 2. The van der Waals surface area contributed by atoms with E-state index in [-0.39, 0.29) is 24.6 Å². The molecule has 3 heterocycles. The number of amides is 1. The highest BCUT2D eigenvalue weighted by atomic mass is 35.5. The number of aromatic nitrogens is 3. The van der Waals surface area contributed by atoms with Gasteiger partial charge in [-0.3, -0.25) is 24.3 Å². The molecular formula is C28H26ClF2N5O2. The fourth-order valence-corrected chi connectivity index (χ4v) is 4.57. The number of nitrogens with zero attached hydrogens (tertiary/aromatic N) is 5. The van der Waals surface area contributed by atoms with Crippen LogP contribution in [-0.4, -0.2) is 45.2 Å². The minimum absolute atomic E-state index is 0.0232. The Balaban J connectivity index is 1.27. The van der Waals surface area contributed by atoms with Crippen LogP contribution in [0, 0.1) is 18.6 Å². The molecule has 38 heavy (non-hydrogen) atoms. The van der Waals surface area contributed by atoms with Crippen LogP contribution in [0.2, 0.25) is 5.02 Å². The maximum Gasteiger partial charge on any atom is 0.242 e. The number of hydrogen-bond donors (Lipinski definition) is 0. The molecule has 1 aliphatic heterocycles.